The minimum Gasteiger partial charge on any atom is -0.281 e. The van der Waals surface area contributed by atoms with Crippen molar-refractivity contribution in [2.75, 3.05) is 0 Å². The van der Waals surface area contributed by atoms with E-state index in [-0.39, 0.29) is 0 Å². The Bertz CT molecular complexity index is 1270. The maximum atomic E-state index is 13.5. The number of alkyl halides is 24. The van der Waals surface area contributed by atoms with Crippen molar-refractivity contribution in [2.24, 2.45) is 0 Å². The van der Waals surface area contributed by atoms with Crippen LogP contribution < -0.4 is 0 Å². The Kier molecular flexibility index (Phi) is 11.1. The predicted octanol–water partition coefficient (Wildman–Crippen LogP) is 8.17. The van der Waals surface area contributed by atoms with Gasteiger partial charge in [-0.25, -0.2) is 8.78 Å². The second kappa shape index (κ2) is 11.8. The van der Waals surface area contributed by atoms with Gasteiger partial charge in [0.25, 0.3) is 0 Å². The highest BCUT2D eigenvalue weighted by atomic mass is 32.2. The summed E-state index contributed by atoms with van der Waals surface area (Å²) in [5.41, 5.74) is 0. The van der Waals surface area contributed by atoms with Crippen molar-refractivity contribution in [3.05, 3.63) is 30.6 Å². The van der Waals surface area contributed by atoms with Crippen molar-refractivity contribution in [3.63, 3.8) is 0 Å². The van der Waals surface area contributed by atoms with E-state index in [0.717, 1.165) is 0 Å². The molecule has 1 heterocycles. The molecule has 0 saturated heterocycles. The largest absolute Gasteiger partial charge is 0.438 e. The number of nitrogens with zero attached hydrogens (tertiary/aromatic N) is 1. The second-order valence-electron chi connectivity index (χ2n) is 8.11. The maximum absolute atomic E-state index is 13.5. The first-order chi connectivity index (χ1) is 19.7. The van der Waals surface area contributed by atoms with Crippen LogP contribution in [-0.4, -0.2) is 88.9 Å². The quantitative estimate of drug-likeness (QED) is 0.173. The Morgan fingerprint density at radius 2 is 0.674 bits per heavy atom. The van der Waals surface area contributed by atoms with E-state index in [1.165, 1.54) is 0 Å². The first kappa shape index (κ1) is 43.4. The second-order valence-corrected chi connectivity index (χ2v) is 9.57. The molecular weight excluding hydrogens is 754 g/mol. The predicted molar refractivity (Wildman–Crippen MR) is 96.2 cm³/mol. The standard InChI is InChI=1S/C12H2F24O3S.C5H5N/c13-1(14)2(15,16)3(17,18)4(19,20)5(21,22)6(23,24)7(25,26)8(27,28)9(29,30)10(31,32)11(33,34)12(35,36)40(37,38)39;1-2-4-6-5-3-1/h1H,(H,37,38,39);1-5H. The maximum Gasteiger partial charge on any atom is 0.438 e. The summed E-state index contributed by atoms with van der Waals surface area (Å²) in [5, 5.41) is -8.18. The van der Waals surface area contributed by atoms with E-state index in [1.54, 1.807) is 12.4 Å². The molecule has 0 amide bonds. The number of pyridine rings is 1. The van der Waals surface area contributed by atoms with Crippen LogP contribution in [0.5, 0.6) is 0 Å². The first-order valence-corrected chi connectivity index (χ1v) is 11.4. The van der Waals surface area contributed by atoms with E-state index >= 15 is 0 Å². The van der Waals surface area contributed by atoms with E-state index < -0.39 is 81.0 Å². The molecule has 0 saturated carbocycles. The summed E-state index contributed by atoms with van der Waals surface area (Å²) < 4.78 is 343. The monoisotopic (exact) mass is 761 g/mol. The molecule has 1 N–H and O–H groups in total. The van der Waals surface area contributed by atoms with Gasteiger partial charge in [0.15, 0.2) is 0 Å². The lowest BCUT2D eigenvalue weighted by Gasteiger charge is -2.45. The fraction of sp³-hybridized carbons (Fsp3) is 0.706. The summed E-state index contributed by atoms with van der Waals surface area (Å²) in [5.74, 6) is -91.9. The molecular formula is C17H7F24NO3S. The van der Waals surface area contributed by atoms with Gasteiger partial charge in [0.1, 0.15) is 0 Å². The van der Waals surface area contributed by atoms with Crippen molar-refractivity contribution < 1.29 is 118 Å². The van der Waals surface area contributed by atoms with E-state index in [1.807, 2.05) is 18.2 Å². The fourth-order valence-electron chi connectivity index (χ4n) is 2.38. The molecule has 0 bridgehead atoms. The van der Waals surface area contributed by atoms with Crippen LogP contribution in [0.2, 0.25) is 0 Å². The zero-order valence-corrected chi connectivity index (χ0v) is 21.0. The van der Waals surface area contributed by atoms with Crippen LogP contribution >= 0.6 is 0 Å². The van der Waals surface area contributed by atoms with Crippen molar-refractivity contribution >= 4 is 10.1 Å². The minimum atomic E-state index is -9.65. The van der Waals surface area contributed by atoms with Gasteiger partial charge in [-0.05, 0) is 12.1 Å². The van der Waals surface area contributed by atoms with Crippen LogP contribution in [0.25, 0.3) is 0 Å². The highest BCUT2D eigenvalue weighted by Gasteiger charge is 2.99. The Morgan fingerprint density at radius 1 is 0.435 bits per heavy atom. The molecule has 0 aliphatic heterocycles. The van der Waals surface area contributed by atoms with Crippen LogP contribution in [0.1, 0.15) is 0 Å². The molecule has 4 nitrogen and oxygen atoms in total. The lowest BCUT2D eigenvalue weighted by molar-refractivity contribution is -0.474. The molecule has 1 aromatic heterocycles. The summed E-state index contributed by atoms with van der Waals surface area (Å²) in [6.45, 7) is 0. The number of hydrogen-bond donors (Lipinski definition) is 1. The van der Waals surface area contributed by atoms with E-state index in [0.29, 0.717) is 0 Å². The van der Waals surface area contributed by atoms with Crippen LogP contribution in [0.4, 0.5) is 105 Å². The molecule has 1 rings (SSSR count). The van der Waals surface area contributed by atoms with Gasteiger partial charge >= 0.3 is 81.0 Å². The Labute approximate surface area is 236 Å². The Hall–Kier alpha value is -2.62. The fourth-order valence-corrected chi connectivity index (χ4v) is 2.84. The van der Waals surface area contributed by atoms with Crippen LogP contribution in [0, 0.1) is 0 Å². The topological polar surface area (TPSA) is 67.3 Å². The zero-order valence-electron chi connectivity index (χ0n) is 20.2. The SMILES string of the molecule is O=S(=O)(O)C(F)(F)C(F)(F)C(F)(F)C(F)(F)C(F)(F)C(F)(F)C(F)(F)C(F)(F)C(F)(F)C(F)(F)C(F)(F)C(F)F.c1ccncc1. The van der Waals surface area contributed by atoms with E-state index in [9.17, 15) is 114 Å². The summed E-state index contributed by atoms with van der Waals surface area (Å²) in [6.07, 6.45) is -2.81. The van der Waals surface area contributed by atoms with Crippen LogP contribution in [-0.2, 0) is 10.1 Å². The number of halogens is 24. The van der Waals surface area contributed by atoms with Crippen molar-refractivity contribution in [1.82, 2.24) is 4.98 Å². The van der Waals surface area contributed by atoms with Gasteiger partial charge in [-0.3, -0.25) is 9.54 Å². The van der Waals surface area contributed by atoms with E-state index in [2.05, 4.69) is 4.98 Å². The highest BCUT2D eigenvalue weighted by Crippen LogP contribution is 2.67. The van der Waals surface area contributed by atoms with Gasteiger partial charge in [-0.2, -0.15) is 105 Å². The molecule has 0 atom stereocenters. The van der Waals surface area contributed by atoms with Gasteiger partial charge in [-0.1, -0.05) is 6.07 Å². The normalized spacial score (nSPS) is 15.9. The van der Waals surface area contributed by atoms with Crippen molar-refractivity contribution in [1.29, 1.82) is 0 Å². The third kappa shape index (κ3) is 5.74. The molecule has 46 heavy (non-hydrogen) atoms. The van der Waals surface area contributed by atoms with Gasteiger partial charge in [0.05, 0.1) is 0 Å². The number of rotatable bonds is 12. The molecule has 1 aromatic rings. The molecule has 0 aliphatic carbocycles. The molecule has 0 unspecified atom stereocenters. The molecule has 0 fully saturated rings. The zero-order chi connectivity index (χ0) is 37.8. The van der Waals surface area contributed by atoms with Crippen molar-refractivity contribution in [3.8, 4) is 0 Å². The third-order valence-corrected chi connectivity index (χ3v) is 6.01. The summed E-state index contributed by atoms with van der Waals surface area (Å²) in [7, 11) is -8.20. The minimum absolute atomic E-state index is 1.75. The summed E-state index contributed by atoms with van der Waals surface area (Å²) in [6, 6.07) is 5.72. The van der Waals surface area contributed by atoms with Gasteiger partial charge in [0.2, 0.25) is 0 Å². The molecule has 0 spiro atoms. The number of hydrogen-bond acceptors (Lipinski definition) is 3. The third-order valence-electron chi connectivity index (χ3n) is 5.10. The number of aromatic nitrogens is 1. The summed E-state index contributed by atoms with van der Waals surface area (Å²) >= 11 is 0. The smallest absolute Gasteiger partial charge is 0.281 e. The van der Waals surface area contributed by atoms with Crippen LogP contribution in [0.3, 0.4) is 0 Å². The van der Waals surface area contributed by atoms with Gasteiger partial charge in [0, 0.05) is 12.4 Å². The van der Waals surface area contributed by atoms with Crippen LogP contribution in [0.15, 0.2) is 30.6 Å². The Morgan fingerprint density at radius 3 is 0.848 bits per heavy atom. The van der Waals surface area contributed by atoms with Gasteiger partial charge < -0.3 is 0 Å². The average molecular weight is 761 g/mol. The molecule has 29 heteroatoms. The summed E-state index contributed by atoms with van der Waals surface area (Å²) in [4.78, 5) is 3.78. The molecule has 0 radical (unpaired) electrons. The van der Waals surface area contributed by atoms with Crippen molar-refractivity contribution in [2.45, 2.75) is 70.9 Å². The first-order valence-electron chi connectivity index (χ1n) is 9.95. The lowest BCUT2D eigenvalue weighted by atomic mass is 9.85. The van der Waals surface area contributed by atoms with Gasteiger partial charge in [-0.15, -0.1) is 0 Å². The highest BCUT2D eigenvalue weighted by molar-refractivity contribution is 7.87. The Balaban J connectivity index is 0.00000299. The lowest BCUT2D eigenvalue weighted by Crippen LogP contribution is -2.78. The molecule has 0 aromatic carbocycles. The molecule has 0 aliphatic rings. The average Bonchev–Trinajstić information content (AvgIpc) is 2.88. The van der Waals surface area contributed by atoms with E-state index in [4.69, 9.17) is 4.55 Å². The molecule has 272 valence electrons.